The maximum absolute atomic E-state index is 11.6. The Bertz CT molecular complexity index is 581. The highest BCUT2D eigenvalue weighted by Crippen LogP contribution is 2.31. The van der Waals surface area contributed by atoms with Gasteiger partial charge in [0.15, 0.2) is 5.69 Å². The third kappa shape index (κ3) is 1.75. The fourth-order valence-corrected chi connectivity index (χ4v) is 1.73. The number of nitrogen functional groups attached to an aromatic ring is 1. The molecule has 0 aliphatic rings. The number of ether oxygens (including phenoxy) is 2. The molecule has 0 atom stereocenters. The zero-order chi connectivity index (χ0) is 12.4. The second kappa shape index (κ2) is 4.29. The van der Waals surface area contributed by atoms with Gasteiger partial charge in [0.1, 0.15) is 5.75 Å². The molecule has 0 fully saturated rings. The smallest absolute Gasteiger partial charge is 0.357 e. The SMILES string of the molecule is COC(=O)c1nccc2c(OC)ccc(N)c12. The highest BCUT2D eigenvalue weighted by Gasteiger charge is 2.16. The number of carbonyl (C=O) groups excluding carboxylic acids is 1. The standard InChI is InChI=1S/C12H12N2O3/c1-16-9-4-3-8(13)10-7(9)5-6-14-11(10)12(15)17-2/h3-6H,13H2,1-2H3. The van der Waals surface area contributed by atoms with Crippen LogP contribution >= 0.6 is 0 Å². The van der Waals surface area contributed by atoms with Crippen LogP contribution in [0.5, 0.6) is 5.75 Å². The van der Waals surface area contributed by atoms with E-state index in [0.717, 1.165) is 5.39 Å². The summed E-state index contributed by atoms with van der Waals surface area (Å²) >= 11 is 0. The van der Waals surface area contributed by atoms with Crippen LogP contribution < -0.4 is 10.5 Å². The van der Waals surface area contributed by atoms with Crippen LogP contribution in [0.25, 0.3) is 10.8 Å². The Balaban J connectivity index is 2.83. The summed E-state index contributed by atoms with van der Waals surface area (Å²) < 4.78 is 9.89. The predicted molar refractivity (Wildman–Crippen MR) is 64.0 cm³/mol. The van der Waals surface area contributed by atoms with Crippen LogP contribution in [0, 0.1) is 0 Å². The number of esters is 1. The molecule has 17 heavy (non-hydrogen) atoms. The van der Waals surface area contributed by atoms with E-state index in [9.17, 15) is 4.79 Å². The van der Waals surface area contributed by atoms with Crippen molar-refractivity contribution in [3.63, 3.8) is 0 Å². The summed E-state index contributed by atoms with van der Waals surface area (Å²) in [6.45, 7) is 0. The van der Waals surface area contributed by atoms with Crippen molar-refractivity contribution in [3.05, 3.63) is 30.1 Å². The van der Waals surface area contributed by atoms with E-state index < -0.39 is 5.97 Å². The zero-order valence-corrected chi connectivity index (χ0v) is 9.56. The summed E-state index contributed by atoms with van der Waals surface area (Å²) in [4.78, 5) is 15.6. The fraction of sp³-hybridized carbons (Fsp3) is 0.167. The Labute approximate surface area is 98.2 Å². The van der Waals surface area contributed by atoms with E-state index in [2.05, 4.69) is 9.72 Å². The average molecular weight is 232 g/mol. The van der Waals surface area contributed by atoms with Crippen LogP contribution in [-0.4, -0.2) is 25.2 Å². The molecule has 0 aliphatic carbocycles. The Kier molecular flexibility index (Phi) is 2.82. The first-order chi connectivity index (χ1) is 8.19. The molecule has 88 valence electrons. The minimum atomic E-state index is -0.518. The van der Waals surface area contributed by atoms with Gasteiger partial charge in [-0.2, -0.15) is 0 Å². The van der Waals surface area contributed by atoms with E-state index in [0.29, 0.717) is 16.8 Å². The quantitative estimate of drug-likeness (QED) is 0.629. The zero-order valence-electron chi connectivity index (χ0n) is 9.56. The van der Waals surface area contributed by atoms with Gasteiger partial charge in [0.2, 0.25) is 0 Å². The van der Waals surface area contributed by atoms with Gasteiger partial charge in [0, 0.05) is 22.7 Å². The molecule has 1 aromatic heterocycles. The first kappa shape index (κ1) is 11.2. The molecular formula is C12H12N2O3. The lowest BCUT2D eigenvalue weighted by molar-refractivity contribution is 0.0596. The lowest BCUT2D eigenvalue weighted by Crippen LogP contribution is -2.06. The molecule has 2 N–H and O–H groups in total. The third-order valence-electron chi connectivity index (χ3n) is 2.52. The number of nitrogens with two attached hydrogens (primary N) is 1. The molecule has 0 unspecified atom stereocenters. The molecule has 0 radical (unpaired) electrons. The Morgan fingerprint density at radius 2 is 2.06 bits per heavy atom. The number of rotatable bonds is 2. The number of hydrogen-bond donors (Lipinski definition) is 1. The molecule has 0 bridgehead atoms. The Morgan fingerprint density at radius 1 is 1.29 bits per heavy atom. The molecule has 5 nitrogen and oxygen atoms in total. The van der Waals surface area contributed by atoms with E-state index in [1.807, 2.05) is 0 Å². The van der Waals surface area contributed by atoms with Crippen LogP contribution in [0.3, 0.4) is 0 Å². The molecule has 1 heterocycles. The van der Waals surface area contributed by atoms with E-state index in [1.165, 1.54) is 13.3 Å². The summed E-state index contributed by atoms with van der Waals surface area (Å²) in [7, 11) is 2.86. The first-order valence-electron chi connectivity index (χ1n) is 4.98. The highest BCUT2D eigenvalue weighted by atomic mass is 16.5. The number of pyridine rings is 1. The van der Waals surface area contributed by atoms with Gasteiger partial charge in [-0.1, -0.05) is 0 Å². The second-order valence-electron chi connectivity index (χ2n) is 3.43. The van der Waals surface area contributed by atoms with Crippen LogP contribution in [0.15, 0.2) is 24.4 Å². The number of methoxy groups -OCH3 is 2. The van der Waals surface area contributed by atoms with Gasteiger partial charge < -0.3 is 15.2 Å². The molecule has 5 heteroatoms. The average Bonchev–Trinajstić information content (AvgIpc) is 2.38. The van der Waals surface area contributed by atoms with Gasteiger partial charge in [-0.3, -0.25) is 0 Å². The van der Waals surface area contributed by atoms with Gasteiger partial charge in [0.25, 0.3) is 0 Å². The van der Waals surface area contributed by atoms with Gasteiger partial charge in [-0.05, 0) is 18.2 Å². The number of anilines is 1. The van der Waals surface area contributed by atoms with Crippen LogP contribution in [-0.2, 0) is 4.74 Å². The van der Waals surface area contributed by atoms with Crippen molar-refractivity contribution in [1.82, 2.24) is 4.98 Å². The molecule has 1 aromatic carbocycles. The highest BCUT2D eigenvalue weighted by molar-refractivity contribution is 6.09. The van der Waals surface area contributed by atoms with Gasteiger partial charge >= 0.3 is 5.97 Å². The minimum Gasteiger partial charge on any atom is -0.496 e. The third-order valence-corrected chi connectivity index (χ3v) is 2.52. The molecule has 2 rings (SSSR count). The van der Waals surface area contributed by atoms with E-state index in [1.54, 1.807) is 25.3 Å². The van der Waals surface area contributed by atoms with Crippen LogP contribution in [0.4, 0.5) is 5.69 Å². The van der Waals surface area contributed by atoms with Crippen molar-refractivity contribution in [1.29, 1.82) is 0 Å². The van der Waals surface area contributed by atoms with Gasteiger partial charge in [-0.15, -0.1) is 0 Å². The van der Waals surface area contributed by atoms with Crippen LogP contribution in [0.1, 0.15) is 10.5 Å². The van der Waals surface area contributed by atoms with Crippen molar-refractivity contribution < 1.29 is 14.3 Å². The molecule has 0 saturated carbocycles. The Morgan fingerprint density at radius 3 is 2.71 bits per heavy atom. The summed E-state index contributed by atoms with van der Waals surface area (Å²) in [5, 5.41) is 1.29. The maximum atomic E-state index is 11.6. The lowest BCUT2D eigenvalue weighted by atomic mass is 10.1. The number of benzene rings is 1. The van der Waals surface area contributed by atoms with E-state index in [-0.39, 0.29) is 5.69 Å². The summed E-state index contributed by atoms with van der Waals surface area (Å²) in [6, 6.07) is 5.17. The summed E-state index contributed by atoms with van der Waals surface area (Å²) in [6.07, 6.45) is 1.52. The molecule has 2 aromatic rings. The number of aromatic nitrogens is 1. The molecular weight excluding hydrogens is 220 g/mol. The summed E-state index contributed by atoms with van der Waals surface area (Å²) in [5.74, 6) is 0.123. The predicted octanol–water partition coefficient (Wildman–Crippen LogP) is 1.61. The van der Waals surface area contributed by atoms with E-state index in [4.69, 9.17) is 10.5 Å². The minimum absolute atomic E-state index is 0.196. The van der Waals surface area contributed by atoms with Crippen molar-refractivity contribution >= 4 is 22.4 Å². The largest absolute Gasteiger partial charge is 0.496 e. The lowest BCUT2D eigenvalue weighted by Gasteiger charge is -2.10. The van der Waals surface area contributed by atoms with Crippen molar-refractivity contribution in [2.45, 2.75) is 0 Å². The normalized spacial score (nSPS) is 10.2. The van der Waals surface area contributed by atoms with Crippen molar-refractivity contribution in [3.8, 4) is 5.75 Å². The number of hydrogen-bond acceptors (Lipinski definition) is 5. The molecule has 0 spiro atoms. The second-order valence-corrected chi connectivity index (χ2v) is 3.43. The molecule has 0 amide bonds. The molecule has 0 aliphatic heterocycles. The maximum Gasteiger partial charge on any atom is 0.357 e. The number of fused-ring (bicyclic) bond motifs is 1. The van der Waals surface area contributed by atoms with Gasteiger partial charge in [0.05, 0.1) is 14.2 Å². The van der Waals surface area contributed by atoms with Crippen molar-refractivity contribution in [2.75, 3.05) is 20.0 Å². The monoisotopic (exact) mass is 232 g/mol. The first-order valence-corrected chi connectivity index (χ1v) is 4.98. The topological polar surface area (TPSA) is 74.4 Å². The summed E-state index contributed by atoms with van der Waals surface area (Å²) in [5.41, 5.74) is 6.53. The number of carbonyl (C=O) groups is 1. The fourth-order valence-electron chi connectivity index (χ4n) is 1.73. The Hall–Kier alpha value is -2.30. The van der Waals surface area contributed by atoms with E-state index >= 15 is 0 Å². The van der Waals surface area contributed by atoms with Gasteiger partial charge in [-0.25, -0.2) is 9.78 Å². The van der Waals surface area contributed by atoms with Crippen molar-refractivity contribution in [2.24, 2.45) is 0 Å². The van der Waals surface area contributed by atoms with Crippen LogP contribution in [0.2, 0.25) is 0 Å². The number of nitrogens with zero attached hydrogens (tertiary/aromatic N) is 1. The molecule has 0 saturated heterocycles.